The first-order valence-electron chi connectivity index (χ1n) is 5.94. The summed E-state index contributed by atoms with van der Waals surface area (Å²) >= 11 is 5.53. The summed E-state index contributed by atoms with van der Waals surface area (Å²) in [5.41, 5.74) is 0. The molecule has 19 heavy (non-hydrogen) atoms. The normalized spacial score (nSPS) is 13.7. The Hall–Kier alpha value is -0.760. The van der Waals surface area contributed by atoms with Crippen LogP contribution in [-0.2, 0) is 14.8 Å². The first-order valence-corrected chi connectivity index (χ1v) is 7.80. The van der Waals surface area contributed by atoms with Gasteiger partial charge in [0.05, 0.1) is 19.0 Å². The summed E-state index contributed by atoms with van der Waals surface area (Å²) < 4.78 is 32.1. The molecule has 1 rings (SSSR count). The largest absolute Gasteiger partial charge is 0.380 e. The highest BCUT2D eigenvalue weighted by atomic mass is 35.5. The van der Waals surface area contributed by atoms with E-state index in [1.165, 1.54) is 12.4 Å². The molecule has 1 unspecified atom stereocenters. The fraction of sp³-hybridized carbons (Fsp3) is 0.636. The maximum Gasteiger partial charge on any atom is 0.243 e. The molecule has 0 amide bonds. The van der Waals surface area contributed by atoms with Gasteiger partial charge in [-0.2, -0.15) is 0 Å². The quantitative estimate of drug-likeness (QED) is 0.771. The number of nitrogens with zero attached hydrogens (tertiary/aromatic N) is 2. The van der Waals surface area contributed by atoms with Crippen LogP contribution < -0.4 is 4.72 Å². The Labute approximate surface area is 118 Å². The van der Waals surface area contributed by atoms with Crippen LogP contribution in [0.5, 0.6) is 0 Å². The minimum atomic E-state index is -3.67. The topological polar surface area (TPSA) is 81.2 Å². The van der Waals surface area contributed by atoms with Crippen molar-refractivity contribution < 1.29 is 13.2 Å². The van der Waals surface area contributed by atoms with Crippen LogP contribution in [0.3, 0.4) is 0 Å². The molecule has 8 heteroatoms. The zero-order chi connectivity index (χ0) is 14.5. The minimum Gasteiger partial charge on any atom is -0.380 e. The molecule has 0 aliphatic rings. The second-order valence-corrected chi connectivity index (χ2v) is 6.37. The third-order valence-corrected chi connectivity index (χ3v) is 4.16. The van der Waals surface area contributed by atoms with Crippen LogP contribution in [0.2, 0.25) is 5.28 Å². The van der Waals surface area contributed by atoms with Crippen LogP contribution >= 0.6 is 11.6 Å². The molecule has 1 aromatic rings. The van der Waals surface area contributed by atoms with Gasteiger partial charge in [-0.1, -0.05) is 13.8 Å². The summed E-state index contributed by atoms with van der Waals surface area (Å²) in [5.74, 6) is 0.106. The predicted molar refractivity (Wildman–Crippen MR) is 72.5 cm³/mol. The van der Waals surface area contributed by atoms with Crippen molar-refractivity contribution in [3.8, 4) is 0 Å². The van der Waals surface area contributed by atoms with Gasteiger partial charge >= 0.3 is 0 Å². The summed E-state index contributed by atoms with van der Waals surface area (Å²) in [6.45, 7) is 6.56. The van der Waals surface area contributed by atoms with E-state index in [0.717, 1.165) is 0 Å². The van der Waals surface area contributed by atoms with Crippen LogP contribution in [0.1, 0.15) is 20.8 Å². The van der Waals surface area contributed by atoms with Gasteiger partial charge in [-0.15, -0.1) is 0 Å². The third-order valence-electron chi connectivity index (χ3n) is 2.52. The van der Waals surface area contributed by atoms with E-state index in [4.69, 9.17) is 16.3 Å². The van der Waals surface area contributed by atoms with Crippen LogP contribution in [0.4, 0.5) is 0 Å². The lowest BCUT2D eigenvalue weighted by atomic mass is 10.1. The molecule has 6 nitrogen and oxygen atoms in total. The van der Waals surface area contributed by atoms with Crippen LogP contribution in [0.25, 0.3) is 0 Å². The number of halogens is 1. The van der Waals surface area contributed by atoms with E-state index in [2.05, 4.69) is 14.7 Å². The maximum absolute atomic E-state index is 12.1. The van der Waals surface area contributed by atoms with E-state index < -0.39 is 10.0 Å². The zero-order valence-corrected chi connectivity index (χ0v) is 12.7. The molecular weight excluding hydrogens is 290 g/mol. The van der Waals surface area contributed by atoms with E-state index in [1.54, 1.807) is 0 Å². The van der Waals surface area contributed by atoms with Gasteiger partial charge in [0.1, 0.15) is 4.90 Å². The lowest BCUT2D eigenvalue weighted by molar-refractivity contribution is 0.116. The van der Waals surface area contributed by atoms with Gasteiger partial charge in [0.15, 0.2) is 0 Å². The number of sulfonamides is 1. The Morgan fingerprint density at radius 1 is 1.37 bits per heavy atom. The van der Waals surface area contributed by atoms with Crippen molar-refractivity contribution >= 4 is 21.6 Å². The molecule has 0 bridgehead atoms. The molecule has 0 fully saturated rings. The summed E-state index contributed by atoms with van der Waals surface area (Å²) in [6.07, 6.45) is 2.35. The fourth-order valence-electron chi connectivity index (χ4n) is 1.31. The molecule has 1 atom stereocenters. The first kappa shape index (κ1) is 16.3. The van der Waals surface area contributed by atoms with E-state index in [1.807, 2.05) is 20.8 Å². The minimum absolute atomic E-state index is 0.00803. The summed E-state index contributed by atoms with van der Waals surface area (Å²) in [7, 11) is -3.67. The molecule has 0 spiro atoms. The van der Waals surface area contributed by atoms with Crippen molar-refractivity contribution in [1.82, 2.24) is 14.7 Å². The lowest BCUT2D eigenvalue weighted by Crippen LogP contribution is -2.41. The first-order chi connectivity index (χ1) is 8.86. The van der Waals surface area contributed by atoms with Gasteiger partial charge in [-0.05, 0) is 24.4 Å². The van der Waals surface area contributed by atoms with Crippen LogP contribution in [0, 0.1) is 5.92 Å². The highest BCUT2D eigenvalue weighted by Crippen LogP contribution is 2.11. The van der Waals surface area contributed by atoms with E-state index in [9.17, 15) is 8.42 Å². The molecule has 1 aromatic heterocycles. The SMILES string of the molecule is CCOCC(NS(=O)(=O)c1cnc(Cl)nc1)C(C)C. The molecular formula is C11H18ClN3O3S. The van der Waals surface area contributed by atoms with Crippen molar-refractivity contribution in [2.45, 2.75) is 31.7 Å². The van der Waals surface area contributed by atoms with Gasteiger partial charge in [-0.3, -0.25) is 0 Å². The predicted octanol–water partition coefficient (Wildman–Crippen LogP) is 1.47. The number of ether oxygens (including phenoxy) is 1. The van der Waals surface area contributed by atoms with E-state index >= 15 is 0 Å². The molecule has 0 saturated heterocycles. The molecule has 108 valence electrons. The third kappa shape index (κ3) is 5.02. The molecule has 0 aliphatic heterocycles. The second-order valence-electron chi connectivity index (χ2n) is 4.32. The number of aromatic nitrogens is 2. The summed E-state index contributed by atoms with van der Waals surface area (Å²) in [5, 5.41) is 0.00803. The average Bonchev–Trinajstić information content (AvgIpc) is 2.34. The smallest absolute Gasteiger partial charge is 0.243 e. The van der Waals surface area contributed by atoms with Crippen molar-refractivity contribution in [2.24, 2.45) is 5.92 Å². The van der Waals surface area contributed by atoms with Crippen molar-refractivity contribution in [2.75, 3.05) is 13.2 Å². The van der Waals surface area contributed by atoms with Crippen molar-refractivity contribution in [3.05, 3.63) is 17.7 Å². The Kier molecular flexibility index (Phi) is 6.12. The van der Waals surface area contributed by atoms with Gasteiger partial charge in [0.2, 0.25) is 15.3 Å². The van der Waals surface area contributed by atoms with Crippen LogP contribution in [0.15, 0.2) is 17.3 Å². The molecule has 0 aromatic carbocycles. The fourth-order valence-corrected chi connectivity index (χ4v) is 2.67. The second kappa shape index (κ2) is 7.14. The monoisotopic (exact) mass is 307 g/mol. The Morgan fingerprint density at radius 3 is 2.42 bits per heavy atom. The van der Waals surface area contributed by atoms with Crippen molar-refractivity contribution in [3.63, 3.8) is 0 Å². The highest BCUT2D eigenvalue weighted by Gasteiger charge is 2.23. The Morgan fingerprint density at radius 2 is 1.95 bits per heavy atom. The Balaban J connectivity index is 2.84. The number of rotatable bonds is 7. The number of hydrogen-bond donors (Lipinski definition) is 1. The number of nitrogens with one attached hydrogen (secondary N) is 1. The van der Waals surface area contributed by atoms with Gasteiger partial charge in [-0.25, -0.2) is 23.1 Å². The van der Waals surface area contributed by atoms with Crippen molar-refractivity contribution in [1.29, 1.82) is 0 Å². The highest BCUT2D eigenvalue weighted by molar-refractivity contribution is 7.89. The maximum atomic E-state index is 12.1. The average molecular weight is 308 g/mol. The van der Waals surface area contributed by atoms with E-state index in [0.29, 0.717) is 13.2 Å². The summed E-state index contributed by atoms with van der Waals surface area (Å²) in [4.78, 5) is 7.31. The molecule has 0 aliphatic carbocycles. The molecule has 0 saturated carbocycles. The number of hydrogen-bond acceptors (Lipinski definition) is 5. The zero-order valence-electron chi connectivity index (χ0n) is 11.1. The van der Waals surface area contributed by atoms with Crippen LogP contribution in [-0.4, -0.2) is 37.6 Å². The van der Waals surface area contributed by atoms with E-state index in [-0.39, 0.29) is 22.1 Å². The lowest BCUT2D eigenvalue weighted by Gasteiger charge is -2.21. The Bertz CT molecular complexity index is 490. The molecule has 0 radical (unpaired) electrons. The molecule has 1 N–H and O–H groups in total. The van der Waals surface area contributed by atoms with Gasteiger partial charge in [0.25, 0.3) is 0 Å². The van der Waals surface area contributed by atoms with Gasteiger partial charge < -0.3 is 4.74 Å². The summed E-state index contributed by atoms with van der Waals surface area (Å²) in [6, 6.07) is -0.305. The molecule has 1 heterocycles. The van der Waals surface area contributed by atoms with Gasteiger partial charge in [0, 0.05) is 12.6 Å². The standard InChI is InChI=1S/C11H18ClN3O3S/c1-4-18-7-10(8(2)3)15-19(16,17)9-5-13-11(12)14-6-9/h5-6,8,10,15H,4,7H2,1-3H3.